The zero-order valence-corrected chi connectivity index (χ0v) is 11.0. The maximum Gasteiger partial charge on any atom is 0.189 e. The lowest BCUT2D eigenvalue weighted by Gasteiger charge is -2.19. The van der Waals surface area contributed by atoms with Crippen molar-refractivity contribution in [2.75, 3.05) is 0 Å². The zero-order valence-electron chi connectivity index (χ0n) is 10.2. The Morgan fingerprint density at radius 1 is 1.12 bits per heavy atom. The van der Waals surface area contributed by atoms with E-state index in [1.54, 1.807) is 11.8 Å². The number of carbonyl (C=O) groups is 1. The van der Waals surface area contributed by atoms with Crippen LogP contribution in [0.2, 0.25) is 0 Å². The van der Waals surface area contributed by atoms with Gasteiger partial charge in [-0.3, -0.25) is 4.79 Å². The first-order chi connectivity index (χ1) is 8.34. The molecule has 1 nitrogen and oxygen atoms in total. The predicted molar refractivity (Wildman–Crippen MR) is 74.2 cm³/mol. The van der Waals surface area contributed by atoms with Crippen molar-refractivity contribution in [2.24, 2.45) is 0 Å². The van der Waals surface area contributed by atoms with Gasteiger partial charge < -0.3 is 0 Å². The average Bonchev–Trinajstić information content (AvgIpc) is 2.39. The first-order valence-corrected chi connectivity index (χ1v) is 7.46. The number of thioether (sulfide) groups is 1. The molecule has 2 heteroatoms. The molecule has 92 valence electrons. The second kappa shape index (κ2) is 6.85. The van der Waals surface area contributed by atoms with E-state index in [0.29, 0.717) is 16.8 Å². The van der Waals surface area contributed by atoms with E-state index in [2.05, 4.69) is 12.1 Å². The molecule has 0 aromatic heterocycles. The van der Waals surface area contributed by atoms with Crippen molar-refractivity contribution in [1.82, 2.24) is 0 Å². The fourth-order valence-corrected chi connectivity index (χ4v) is 3.48. The second-order valence-electron chi connectivity index (χ2n) is 4.74. The number of benzene rings is 1. The second-order valence-corrected chi connectivity index (χ2v) is 6.09. The van der Waals surface area contributed by atoms with Gasteiger partial charge in [0.25, 0.3) is 0 Å². The van der Waals surface area contributed by atoms with Crippen LogP contribution >= 0.6 is 11.8 Å². The molecule has 0 atom stereocenters. The van der Waals surface area contributed by atoms with E-state index in [-0.39, 0.29) is 0 Å². The minimum absolute atomic E-state index is 0.376. The van der Waals surface area contributed by atoms with Crippen LogP contribution in [0, 0.1) is 0 Å². The van der Waals surface area contributed by atoms with Gasteiger partial charge in [0.15, 0.2) is 5.12 Å². The van der Waals surface area contributed by atoms with Gasteiger partial charge in [0.1, 0.15) is 0 Å². The van der Waals surface area contributed by atoms with Crippen molar-refractivity contribution < 1.29 is 4.79 Å². The summed E-state index contributed by atoms with van der Waals surface area (Å²) in [5, 5.41) is 0.979. The van der Waals surface area contributed by atoms with E-state index in [1.807, 2.05) is 18.2 Å². The molecule has 0 saturated heterocycles. The summed E-state index contributed by atoms with van der Waals surface area (Å²) in [6, 6.07) is 10.3. The lowest BCUT2D eigenvalue weighted by atomic mass is 10.0. The summed E-state index contributed by atoms with van der Waals surface area (Å²) >= 11 is 1.60. The Morgan fingerprint density at radius 2 is 1.82 bits per heavy atom. The standard InChI is InChI=1S/C15H20OS/c16-15(17-14-9-5-2-6-10-14)12-11-13-7-3-1-4-8-13/h1,3-4,7-8,14H,2,5-6,9-12H2. The van der Waals surface area contributed by atoms with Crippen molar-refractivity contribution in [3.63, 3.8) is 0 Å². The molecule has 1 fully saturated rings. The minimum Gasteiger partial charge on any atom is -0.287 e. The summed E-state index contributed by atoms with van der Waals surface area (Å²) in [6.45, 7) is 0. The van der Waals surface area contributed by atoms with Crippen LogP contribution < -0.4 is 0 Å². The third-order valence-corrected chi connectivity index (χ3v) is 4.58. The smallest absolute Gasteiger partial charge is 0.189 e. The highest BCUT2D eigenvalue weighted by Crippen LogP contribution is 2.29. The van der Waals surface area contributed by atoms with Gasteiger partial charge in [-0.05, 0) is 24.8 Å². The Labute approximate surface area is 108 Å². The van der Waals surface area contributed by atoms with Crippen molar-refractivity contribution >= 4 is 16.9 Å². The molecule has 0 heterocycles. The first-order valence-electron chi connectivity index (χ1n) is 6.58. The van der Waals surface area contributed by atoms with E-state index < -0.39 is 0 Å². The number of hydrogen-bond acceptors (Lipinski definition) is 2. The largest absolute Gasteiger partial charge is 0.287 e. The number of carbonyl (C=O) groups excluding carboxylic acids is 1. The van der Waals surface area contributed by atoms with Gasteiger partial charge in [-0.25, -0.2) is 0 Å². The fourth-order valence-electron chi connectivity index (χ4n) is 2.32. The van der Waals surface area contributed by atoms with Crippen LogP contribution in [0.3, 0.4) is 0 Å². The number of aryl methyl sites for hydroxylation is 1. The van der Waals surface area contributed by atoms with Crippen molar-refractivity contribution in [2.45, 2.75) is 50.2 Å². The molecule has 0 radical (unpaired) electrons. The Morgan fingerprint density at radius 3 is 2.53 bits per heavy atom. The molecular formula is C15H20OS. The molecule has 1 aromatic carbocycles. The van der Waals surface area contributed by atoms with Crippen LogP contribution in [0.4, 0.5) is 0 Å². The molecule has 0 aliphatic heterocycles. The van der Waals surface area contributed by atoms with E-state index in [4.69, 9.17) is 0 Å². The summed E-state index contributed by atoms with van der Waals surface area (Å²) in [7, 11) is 0. The van der Waals surface area contributed by atoms with Gasteiger partial charge in [0.05, 0.1) is 0 Å². The fraction of sp³-hybridized carbons (Fsp3) is 0.533. The first kappa shape index (κ1) is 12.7. The molecule has 1 aromatic rings. The lowest BCUT2D eigenvalue weighted by Crippen LogP contribution is -2.11. The van der Waals surface area contributed by atoms with E-state index in [9.17, 15) is 4.79 Å². The third kappa shape index (κ3) is 4.55. The molecule has 1 aliphatic rings. The van der Waals surface area contributed by atoms with Gasteiger partial charge >= 0.3 is 0 Å². The maximum absolute atomic E-state index is 11.8. The number of hydrogen-bond donors (Lipinski definition) is 0. The molecule has 2 rings (SSSR count). The van der Waals surface area contributed by atoms with Crippen LogP contribution in [0.15, 0.2) is 30.3 Å². The summed E-state index contributed by atoms with van der Waals surface area (Å²) in [5.41, 5.74) is 1.27. The van der Waals surface area contributed by atoms with Crippen LogP contribution in [0.1, 0.15) is 44.1 Å². The molecule has 1 aliphatic carbocycles. The average molecular weight is 248 g/mol. The van der Waals surface area contributed by atoms with Gasteiger partial charge in [-0.2, -0.15) is 0 Å². The van der Waals surface area contributed by atoms with E-state index in [1.165, 1.54) is 37.7 Å². The topological polar surface area (TPSA) is 17.1 Å². The Bertz CT molecular complexity index is 341. The van der Waals surface area contributed by atoms with Gasteiger partial charge in [-0.1, -0.05) is 61.4 Å². The monoisotopic (exact) mass is 248 g/mol. The van der Waals surface area contributed by atoms with Gasteiger partial charge in [0, 0.05) is 11.7 Å². The predicted octanol–water partition coefficient (Wildman–Crippen LogP) is 4.21. The molecule has 0 unspecified atom stereocenters. The summed E-state index contributed by atoms with van der Waals surface area (Å²) in [6.07, 6.45) is 8.02. The highest BCUT2D eigenvalue weighted by Gasteiger charge is 2.17. The van der Waals surface area contributed by atoms with Crippen LogP contribution in [0.5, 0.6) is 0 Å². The normalized spacial score (nSPS) is 16.9. The van der Waals surface area contributed by atoms with Gasteiger partial charge in [-0.15, -0.1) is 0 Å². The van der Waals surface area contributed by atoms with Crippen molar-refractivity contribution in [3.05, 3.63) is 35.9 Å². The van der Waals surface area contributed by atoms with Crippen LogP contribution in [-0.4, -0.2) is 10.4 Å². The Hall–Kier alpha value is -0.760. The highest BCUT2D eigenvalue weighted by molar-refractivity contribution is 8.14. The molecule has 0 spiro atoms. The Balaban J connectivity index is 1.70. The van der Waals surface area contributed by atoms with Crippen molar-refractivity contribution in [3.8, 4) is 0 Å². The third-order valence-electron chi connectivity index (χ3n) is 3.31. The van der Waals surface area contributed by atoms with E-state index in [0.717, 1.165) is 6.42 Å². The molecule has 0 amide bonds. The SMILES string of the molecule is O=C(CCc1ccccc1)SC1CCCCC1. The highest BCUT2D eigenvalue weighted by atomic mass is 32.2. The molecular weight excluding hydrogens is 228 g/mol. The molecule has 1 saturated carbocycles. The minimum atomic E-state index is 0.376. The summed E-state index contributed by atoms with van der Waals surface area (Å²) in [5.74, 6) is 0. The molecule has 17 heavy (non-hydrogen) atoms. The molecule has 0 N–H and O–H groups in total. The van der Waals surface area contributed by atoms with E-state index >= 15 is 0 Å². The molecule has 0 bridgehead atoms. The maximum atomic E-state index is 11.8. The lowest BCUT2D eigenvalue weighted by molar-refractivity contribution is -0.111. The van der Waals surface area contributed by atoms with Gasteiger partial charge in [0.2, 0.25) is 0 Å². The zero-order chi connectivity index (χ0) is 11.9. The quantitative estimate of drug-likeness (QED) is 0.794. The summed E-state index contributed by atoms with van der Waals surface area (Å²) in [4.78, 5) is 11.8. The van der Waals surface area contributed by atoms with Crippen LogP contribution in [0.25, 0.3) is 0 Å². The number of rotatable bonds is 4. The van der Waals surface area contributed by atoms with Crippen LogP contribution in [-0.2, 0) is 11.2 Å². The Kier molecular flexibility index (Phi) is 5.11. The van der Waals surface area contributed by atoms with Crippen molar-refractivity contribution in [1.29, 1.82) is 0 Å². The summed E-state index contributed by atoms with van der Waals surface area (Å²) < 4.78 is 0.